The minimum atomic E-state index is -4.05. The summed E-state index contributed by atoms with van der Waals surface area (Å²) in [5, 5.41) is 9.44. The number of carbonyl (C=O) groups excluding carboxylic acids is 1. The number of nitrogens with zero attached hydrogens (tertiary/aromatic N) is 1. The second-order valence-electron chi connectivity index (χ2n) is 3.20. The maximum absolute atomic E-state index is 10.8. The second kappa shape index (κ2) is 5.61. The molecular formula is C6H13NNaO5P. The summed E-state index contributed by atoms with van der Waals surface area (Å²) in [7, 11) is -4.05. The minimum Gasteiger partial charge on any atom is -1.00 e. The largest absolute Gasteiger partial charge is 1.00 e. The predicted octanol–water partition coefficient (Wildman–Crippen LogP) is -2.95. The molecule has 0 radical (unpaired) electrons. The van der Waals surface area contributed by atoms with Crippen LogP contribution in [0.2, 0.25) is 0 Å². The van der Waals surface area contributed by atoms with E-state index in [1.54, 1.807) is 0 Å². The number of rotatable bonds is 3. The first-order valence-corrected chi connectivity index (χ1v) is 5.61. The van der Waals surface area contributed by atoms with Gasteiger partial charge in [0.1, 0.15) is 0 Å². The average molecular weight is 233 g/mol. The molecule has 1 saturated carbocycles. The van der Waals surface area contributed by atoms with E-state index in [4.69, 9.17) is 15.0 Å². The Morgan fingerprint density at radius 2 is 2.00 bits per heavy atom. The molecule has 78 valence electrons. The van der Waals surface area contributed by atoms with Gasteiger partial charge in [0.15, 0.2) is 0 Å². The SMILES string of the molecule is O=CN(O)C1CCC(P(=O)(O)O)C1.[H-].[Na+]. The fourth-order valence-electron chi connectivity index (χ4n) is 1.57. The van der Waals surface area contributed by atoms with E-state index in [1.807, 2.05) is 0 Å². The molecule has 0 aliphatic heterocycles. The van der Waals surface area contributed by atoms with Gasteiger partial charge in [0.05, 0.1) is 11.7 Å². The summed E-state index contributed by atoms with van der Waals surface area (Å²) in [4.78, 5) is 27.8. The molecule has 8 heteroatoms. The van der Waals surface area contributed by atoms with E-state index in [2.05, 4.69) is 0 Å². The van der Waals surface area contributed by atoms with Gasteiger partial charge in [-0.05, 0) is 19.3 Å². The molecule has 0 heterocycles. The molecule has 0 aromatic rings. The van der Waals surface area contributed by atoms with Crippen molar-refractivity contribution in [1.82, 2.24) is 5.06 Å². The van der Waals surface area contributed by atoms with Crippen molar-refractivity contribution < 1.29 is 55.3 Å². The van der Waals surface area contributed by atoms with Crippen molar-refractivity contribution in [3.8, 4) is 0 Å². The van der Waals surface area contributed by atoms with Crippen LogP contribution < -0.4 is 29.6 Å². The fraction of sp³-hybridized carbons (Fsp3) is 0.833. The standard InChI is InChI=1S/C6H12NO5P.Na.H/c8-4-7(9)5-1-2-6(3-5)13(10,11)12;;/h4-6,9H,1-3H2,(H2,10,11,12);;/q;+1;-1. The van der Waals surface area contributed by atoms with Gasteiger partial charge < -0.3 is 11.2 Å². The molecule has 2 atom stereocenters. The second-order valence-corrected chi connectivity index (χ2v) is 5.10. The first-order valence-electron chi connectivity index (χ1n) is 3.93. The maximum Gasteiger partial charge on any atom is 1.00 e. The third kappa shape index (κ3) is 3.62. The monoisotopic (exact) mass is 233 g/mol. The van der Waals surface area contributed by atoms with Crippen LogP contribution in [0.4, 0.5) is 0 Å². The number of hydrogen-bond donors (Lipinski definition) is 3. The number of amides is 1. The zero-order valence-electron chi connectivity index (χ0n) is 8.91. The quantitative estimate of drug-likeness (QED) is 0.159. The number of hydrogen-bond acceptors (Lipinski definition) is 3. The van der Waals surface area contributed by atoms with Crippen LogP contribution in [0, 0.1) is 0 Å². The molecule has 6 nitrogen and oxygen atoms in total. The van der Waals surface area contributed by atoms with E-state index < -0.39 is 19.3 Å². The molecule has 1 rings (SSSR count). The Bertz CT molecular complexity index is 250. The van der Waals surface area contributed by atoms with Gasteiger partial charge in [-0.15, -0.1) is 0 Å². The predicted molar refractivity (Wildman–Crippen MR) is 44.3 cm³/mol. The number of carbonyl (C=O) groups is 1. The van der Waals surface area contributed by atoms with Gasteiger partial charge in [-0.1, -0.05) is 0 Å². The van der Waals surface area contributed by atoms with E-state index in [0.29, 0.717) is 17.9 Å². The van der Waals surface area contributed by atoms with Gasteiger partial charge in [-0.3, -0.25) is 14.6 Å². The van der Waals surface area contributed by atoms with Crippen LogP contribution in [-0.2, 0) is 9.36 Å². The summed E-state index contributed by atoms with van der Waals surface area (Å²) in [5.74, 6) is 0. The van der Waals surface area contributed by atoms with Gasteiger partial charge in [-0.25, -0.2) is 5.06 Å². The van der Waals surface area contributed by atoms with Gasteiger partial charge in [-0.2, -0.15) is 0 Å². The van der Waals surface area contributed by atoms with E-state index in [9.17, 15) is 9.36 Å². The van der Waals surface area contributed by atoms with E-state index in [0.717, 1.165) is 0 Å². The average Bonchev–Trinajstić information content (AvgIpc) is 2.50. The molecule has 3 N–H and O–H groups in total. The molecule has 1 aliphatic rings. The normalized spacial score (nSPS) is 26.8. The van der Waals surface area contributed by atoms with Gasteiger partial charge in [0.2, 0.25) is 6.41 Å². The molecular weight excluding hydrogens is 220 g/mol. The molecule has 0 aromatic heterocycles. The van der Waals surface area contributed by atoms with Gasteiger partial charge in [0.25, 0.3) is 0 Å². The third-order valence-corrected chi connectivity index (χ3v) is 3.76. The smallest absolute Gasteiger partial charge is 1.00 e. The molecule has 14 heavy (non-hydrogen) atoms. The van der Waals surface area contributed by atoms with Gasteiger partial charge >= 0.3 is 37.2 Å². The summed E-state index contributed by atoms with van der Waals surface area (Å²) in [6, 6.07) is -0.449. The Morgan fingerprint density at radius 1 is 1.43 bits per heavy atom. The van der Waals surface area contributed by atoms with Crippen LogP contribution in [-0.4, -0.2) is 38.2 Å². The third-order valence-electron chi connectivity index (χ3n) is 2.34. The minimum absolute atomic E-state index is 0. The van der Waals surface area contributed by atoms with Crippen LogP contribution in [0.1, 0.15) is 20.7 Å². The Morgan fingerprint density at radius 3 is 2.36 bits per heavy atom. The fourth-order valence-corrected chi connectivity index (χ4v) is 2.57. The van der Waals surface area contributed by atoms with Crippen molar-refractivity contribution in [2.75, 3.05) is 0 Å². The molecule has 1 aliphatic carbocycles. The van der Waals surface area contributed by atoms with Crippen LogP contribution in [0.3, 0.4) is 0 Å². The van der Waals surface area contributed by atoms with Crippen LogP contribution >= 0.6 is 7.60 Å². The molecule has 1 fully saturated rings. The summed E-state index contributed by atoms with van der Waals surface area (Å²) in [6.07, 6.45) is 1.21. The molecule has 0 bridgehead atoms. The first kappa shape index (κ1) is 14.6. The zero-order valence-corrected chi connectivity index (χ0v) is 10.8. The number of hydroxylamine groups is 2. The Hall–Kier alpha value is 0.580. The van der Waals surface area contributed by atoms with Crippen molar-refractivity contribution >= 4 is 14.0 Å². The maximum atomic E-state index is 10.8. The van der Waals surface area contributed by atoms with Crippen LogP contribution in [0.25, 0.3) is 0 Å². The topological polar surface area (TPSA) is 98.1 Å². The Kier molecular flexibility index (Phi) is 5.84. The summed E-state index contributed by atoms with van der Waals surface area (Å²) in [5.41, 5.74) is -0.716. The molecule has 0 aromatic carbocycles. The Labute approximate surface area is 105 Å². The van der Waals surface area contributed by atoms with E-state index >= 15 is 0 Å². The summed E-state index contributed by atoms with van der Waals surface area (Å²) in [6.45, 7) is 0. The van der Waals surface area contributed by atoms with E-state index in [-0.39, 0.29) is 43.8 Å². The molecule has 1 amide bonds. The van der Waals surface area contributed by atoms with Crippen molar-refractivity contribution in [2.24, 2.45) is 0 Å². The molecule has 0 spiro atoms. The first-order chi connectivity index (χ1) is 5.95. The summed E-state index contributed by atoms with van der Waals surface area (Å²) >= 11 is 0. The van der Waals surface area contributed by atoms with Crippen molar-refractivity contribution in [3.05, 3.63) is 0 Å². The van der Waals surface area contributed by atoms with Crippen LogP contribution in [0.15, 0.2) is 0 Å². The summed E-state index contributed by atoms with van der Waals surface area (Å²) < 4.78 is 10.8. The van der Waals surface area contributed by atoms with Crippen LogP contribution in [0.5, 0.6) is 0 Å². The molecule has 2 unspecified atom stereocenters. The van der Waals surface area contributed by atoms with Crippen molar-refractivity contribution in [3.63, 3.8) is 0 Å². The molecule has 0 saturated heterocycles. The van der Waals surface area contributed by atoms with Crippen molar-refractivity contribution in [2.45, 2.75) is 31.0 Å². The zero-order chi connectivity index (χ0) is 10.1. The van der Waals surface area contributed by atoms with E-state index in [1.165, 1.54) is 0 Å². The Balaban J connectivity index is 0. The van der Waals surface area contributed by atoms with Crippen molar-refractivity contribution in [1.29, 1.82) is 0 Å². The van der Waals surface area contributed by atoms with Gasteiger partial charge in [0, 0.05) is 0 Å².